The van der Waals surface area contributed by atoms with Crippen molar-refractivity contribution in [3.63, 3.8) is 0 Å². The topological polar surface area (TPSA) is 32.3 Å². The van der Waals surface area contributed by atoms with Gasteiger partial charge in [0.05, 0.1) is 6.04 Å². The third-order valence-corrected chi connectivity index (χ3v) is 3.58. The van der Waals surface area contributed by atoms with Gasteiger partial charge in [0.25, 0.3) is 0 Å². The van der Waals surface area contributed by atoms with Gasteiger partial charge >= 0.3 is 0 Å². The molecule has 1 aromatic carbocycles. The third kappa shape index (κ3) is 4.06. The molecule has 1 heterocycles. The molecule has 1 aliphatic heterocycles. The van der Waals surface area contributed by atoms with Crippen LogP contribution < -0.4 is 5.32 Å². The molecule has 0 aliphatic carbocycles. The molecule has 0 saturated carbocycles. The van der Waals surface area contributed by atoms with Crippen LogP contribution in [0.3, 0.4) is 0 Å². The molecule has 3 nitrogen and oxygen atoms in total. The summed E-state index contributed by atoms with van der Waals surface area (Å²) in [5.41, 5.74) is 1.16. The smallest absolute Gasteiger partial charge is 0.237 e. The summed E-state index contributed by atoms with van der Waals surface area (Å²) in [5.74, 6) is 0.796. The number of hydrogen-bond donors (Lipinski definition) is 1. The van der Waals surface area contributed by atoms with Crippen molar-refractivity contribution in [3.05, 3.63) is 35.9 Å². The number of likely N-dealkylation sites (tertiary alicyclic amines) is 1. The van der Waals surface area contributed by atoms with Gasteiger partial charge in [-0.1, -0.05) is 44.2 Å². The van der Waals surface area contributed by atoms with Crippen LogP contribution in [0.5, 0.6) is 0 Å². The highest BCUT2D eigenvalue weighted by Gasteiger charge is 2.30. The molecule has 0 radical (unpaired) electrons. The largest absolute Gasteiger partial charge is 0.351 e. The van der Waals surface area contributed by atoms with E-state index in [4.69, 9.17) is 0 Å². The fraction of sp³-hybridized carbons (Fsp3) is 0.562. The van der Waals surface area contributed by atoms with Crippen LogP contribution in [0.4, 0.5) is 0 Å². The van der Waals surface area contributed by atoms with E-state index in [-0.39, 0.29) is 11.9 Å². The Morgan fingerprint density at radius 3 is 2.79 bits per heavy atom. The van der Waals surface area contributed by atoms with E-state index in [9.17, 15) is 4.79 Å². The van der Waals surface area contributed by atoms with Crippen LogP contribution in [0.25, 0.3) is 0 Å². The SMILES string of the molecule is CC(C)CN1CCC[C@@H]1C(=O)NCc1ccccc1. The highest BCUT2D eigenvalue weighted by molar-refractivity contribution is 5.82. The predicted octanol–water partition coefficient (Wildman–Crippen LogP) is 2.42. The Balaban J connectivity index is 1.85. The number of amides is 1. The molecular weight excluding hydrogens is 236 g/mol. The summed E-state index contributed by atoms with van der Waals surface area (Å²) in [4.78, 5) is 14.6. The molecule has 1 fully saturated rings. The Morgan fingerprint density at radius 2 is 2.11 bits per heavy atom. The van der Waals surface area contributed by atoms with Crippen LogP contribution in [0.1, 0.15) is 32.3 Å². The van der Waals surface area contributed by atoms with Gasteiger partial charge in [0, 0.05) is 13.1 Å². The molecule has 19 heavy (non-hydrogen) atoms. The fourth-order valence-corrected chi connectivity index (χ4v) is 2.71. The first kappa shape index (κ1) is 14.1. The molecule has 0 bridgehead atoms. The monoisotopic (exact) mass is 260 g/mol. The average Bonchev–Trinajstić information content (AvgIpc) is 2.84. The maximum Gasteiger partial charge on any atom is 0.237 e. The van der Waals surface area contributed by atoms with Gasteiger partial charge in [-0.3, -0.25) is 9.69 Å². The van der Waals surface area contributed by atoms with Gasteiger partial charge in [-0.15, -0.1) is 0 Å². The summed E-state index contributed by atoms with van der Waals surface area (Å²) in [7, 11) is 0. The van der Waals surface area contributed by atoms with Crippen molar-refractivity contribution in [3.8, 4) is 0 Å². The number of nitrogens with one attached hydrogen (secondary N) is 1. The van der Waals surface area contributed by atoms with Crippen molar-refractivity contribution < 1.29 is 4.79 Å². The van der Waals surface area contributed by atoms with Crippen molar-refractivity contribution in [2.45, 2.75) is 39.3 Å². The predicted molar refractivity (Wildman–Crippen MR) is 77.7 cm³/mol. The van der Waals surface area contributed by atoms with Crippen LogP contribution >= 0.6 is 0 Å². The lowest BCUT2D eigenvalue weighted by Crippen LogP contribution is -2.44. The maximum atomic E-state index is 12.3. The fourth-order valence-electron chi connectivity index (χ4n) is 2.71. The molecule has 2 rings (SSSR count). The zero-order chi connectivity index (χ0) is 13.7. The molecule has 1 atom stereocenters. The first-order valence-electron chi connectivity index (χ1n) is 7.22. The van der Waals surface area contributed by atoms with Crippen molar-refractivity contribution in [1.82, 2.24) is 10.2 Å². The van der Waals surface area contributed by atoms with Crippen LogP contribution in [-0.2, 0) is 11.3 Å². The van der Waals surface area contributed by atoms with E-state index in [2.05, 4.69) is 24.1 Å². The minimum absolute atomic E-state index is 0.0751. The van der Waals surface area contributed by atoms with Gasteiger partial charge in [-0.25, -0.2) is 0 Å². The Morgan fingerprint density at radius 1 is 1.37 bits per heavy atom. The summed E-state index contributed by atoms with van der Waals surface area (Å²) < 4.78 is 0. The maximum absolute atomic E-state index is 12.3. The average molecular weight is 260 g/mol. The zero-order valence-electron chi connectivity index (χ0n) is 11.9. The van der Waals surface area contributed by atoms with Crippen molar-refractivity contribution >= 4 is 5.91 Å². The molecule has 1 saturated heterocycles. The highest BCUT2D eigenvalue weighted by atomic mass is 16.2. The van der Waals surface area contributed by atoms with E-state index in [0.29, 0.717) is 12.5 Å². The molecule has 3 heteroatoms. The summed E-state index contributed by atoms with van der Waals surface area (Å²) in [6.07, 6.45) is 2.13. The molecule has 1 aromatic rings. The first-order chi connectivity index (χ1) is 9.16. The van der Waals surface area contributed by atoms with E-state index >= 15 is 0 Å². The second-order valence-electron chi connectivity index (χ2n) is 5.75. The lowest BCUT2D eigenvalue weighted by Gasteiger charge is -2.25. The molecule has 0 spiro atoms. The number of carbonyl (C=O) groups is 1. The highest BCUT2D eigenvalue weighted by Crippen LogP contribution is 2.18. The van der Waals surface area contributed by atoms with Crippen LogP contribution in [0.2, 0.25) is 0 Å². The number of nitrogens with zero attached hydrogens (tertiary/aromatic N) is 1. The molecule has 0 aromatic heterocycles. The van der Waals surface area contributed by atoms with E-state index in [0.717, 1.165) is 31.5 Å². The van der Waals surface area contributed by atoms with Crippen LogP contribution in [0.15, 0.2) is 30.3 Å². The zero-order valence-corrected chi connectivity index (χ0v) is 11.9. The van der Waals surface area contributed by atoms with Gasteiger partial charge in [-0.2, -0.15) is 0 Å². The molecule has 104 valence electrons. The second-order valence-corrected chi connectivity index (χ2v) is 5.75. The van der Waals surface area contributed by atoms with Crippen molar-refractivity contribution in [2.24, 2.45) is 5.92 Å². The third-order valence-electron chi connectivity index (χ3n) is 3.58. The molecule has 1 amide bonds. The normalized spacial score (nSPS) is 19.8. The summed E-state index contributed by atoms with van der Waals surface area (Å²) in [6.45, 7) is 7.12. The van der Waals surface area contributed by atoms with Crippen LogP contribution in [-0.4, -0.2) is 29.9 Å². The summed E-state index contributed by atoms with van der Waals surface area (Å²) >= 11 is 0. The quantitative estimate of drug-likeness (QED) is 0.882. The van der Waals surface area contributed by atoms with Gasteiger partial charge in [-0.05, 0) is 30.9 Å². The second kappa shape index (κ2) is 6.71. The minimum atomic E-state index is 0.0751. The Kier molecular flexibility index (Phi) is 4.97. The molecular formula is C16H24N2O. The number of hydrogen-bond acceptors (Lipinski definition) is 2. The van der Waals surface area contributed by atoms with Crippen molar-refractivity contribution in [1.29, 1.82) is 0 Å². The lowest BCUT2D eigenvalue weighted by molar-refractivity contribution is -0.125. The summed E-state index contributed by atoms with van der Waals surface area (Å²) in [6, 6.07) is 10.2. The van der Waals surface area contributed by atoms with Gasteiger partial charge in [0.1, 0.15) is 0 Å². The van der Waals surface area contributed by atoms with E-state index in [1.54, 1.807) is 0 Å². The van der Waals surface area contributed by atoms with E-state index in [1.807, 2.05) is 30.3 Å². The Labute approximate surface area is 116 Å². The standard InChI is InChI=1S/C16H24N2O/c1-13(2)12-18-10-6-9-15(18)16(19)17-11-14-7-4-3-5-8-14/h3-5,7-8,13,15H,6,9-12H2,1-2H3,(H,17,19)/t15-/m1/s1. The summed E-state index contributed by atoms with van der Waals surface area (Å²) in [5, 5.41) is 3.06. The first-order valence-corrected chi connectivity index (χ1v) is 7.22. The number of carbonyl (C=O) groups excluding carboxylic acids is 1. The molecule has 0 unspecified atom stereocenters. The minimum Gasteiger partial charge on any atom is -0.351 e. The molecule has 1 N–H and O–H groups in total. The van der Waals surface area contributed by atoms with E-state index < -0.39 is 0 Å². The van der Waals surface area contributed by atoms with Gasteiger partial charge in [0.15, 0.2) is 0 Å². The van der Waals surface area contributed by atoms with Gasteiger partial charge in [0.2, 0.25) is 5.91 Å². The van der Waals surface area contributed by atoms with Crippen LogP contribution in [0, 0.1) is 5.92 Å². The Bertz CT molecular complexity index is 402. The van der Waals surface area contributed by atoms with Crippen molar-refractivity contribution in [2.75, 3.05) is 13.1 Å². The molecule has 1 aliphatic rings. The number of rotatable bonds is 5. The number of benzene rings is 1. The lowest BCUT2D eigenvalue weighted by atomic mass is 10.1. The van der Waals surface area contributed by atoms with Gasteiger partial charge < -0.3 is 5.32 Å². The van der Waals surface area contributed by atoms with E-state index in [1.165, 1.54) is 0 Å². The Hall–Kier alpha value is -1.35.